The molecule has 0 aliphatic heterocycles. The molecule has 0 unspecified atom stereocenters. The van der Waals surface area contributed by atoms with Crippen LogP contribution in [0.25, 0.3) is 0 Å². The van der Waals surface area contributed by atoms with Crippen molar-refractivity contribution >= 4 is 38.4 Å². The number of halogens is 1. The number of rotatable bonds is 6. The van der Waals surface area contributed by atoms with E-state index in [1.165, 1.54) is 72.5 Å². The second-order valence-corrected chi connectivity index (χ2v) is 23.6. The second kappa shape index (κ2) is 24.8. The van der Waals surface area contributed by atoms with Crippen molar-refractivity contribution in [2.45, 2.75) is 227 Å². The molecule has 1 nitrogen and oxygen atoms in total. The Morgan fingerprint density at radius 2 is 0.625 bits per heavy atom. The van der Waals surface area contributed by atoms with Crippen molar-refractivity contribution in [3.8, 4) is 0 Å². The van der Waals surface area contributed by atoms with E-state index in [1.54, 1.807) is 154 Å². The maximum absolute atomic E-state index is 7.50. The van der Waals surface area contributed by atoms with Crippen LogP contribution in [0.2, 0.25) is 5.02 Å². The zero-order chi connectivity index (χ0) is 33.8. The van der Waals surface area contributed by atoms with Gasteiger partial charge in [0, 0.05) is 0 Å². The maximum atomic E-state index is 7.50. The summed E-state index contributed by atoms with van der Waals surface area (Å²) in [6.45, 7) is 4.50. The van der Waals surface area contributed by atoms with E-state index in [1.807, 2.05) is 24.3 Å². The van der Waals surface area contributed by atoms with E-state index in [-0.39, 0.29) is 0 Å². The van der Waals surface area contributed by atoms with Crippen molar-refractivity contribution in [3.05, 3.63) is 29.3 Å². The summed E-state index contributed by atoms with van der Waals surface area (Å²) in [7, 11) is 0.770. The van der Waals surface area contributed by atoms with Crippen LogP contribution in [0.15, 0.2) is 24.3 Å². The van der Waals surface area contributed by atoms with Crippen LogP contribution in [0, 0.1) is 0 Å². The van der Waals surface area contributed by atoms with E-state index in [0.717, 1.165) is 9.18 Å². The quantitative estimate of drug-likeness (QED) is 0.207. The van der Waals surface area contributed by atoms with E-state index in [2.05, 4.69) is 25.1 Å². The van der Waals surface area contributed by atoms with Gasteiger partial charge in [-0.3, -0.25) is 4.79 Å². The Morgan fingerprint density at radius 1 is 0.417 bits per heavy atom. The first-order valence-electron chi connectivity index (χ1n) is 20.8. The minimum absolute atomic E-state index is 0.385. The molecule has 0 spiro atoms. The van der Waals surface area contributed by atoms with Crippen molar-refractivity contribution in [2.24, 2.45) is 0 Å². The maximum Gasteiger partial charge on any atom is 0.281 e. The Labute approximate surface area is 315 Å². The van der Waals surface area contributed by atoms with Gasteiger partial charge in [-0.15, -0.1) is 0 Å². The Balaban J connectivity index is 0.000000170. The molecule has 0 saturated heterocycles. The van der Waals surface area contributed by atoms with Gasteiger partial charge in [-0.1, -0.05) is 131 Å². The second-order valence-electron chi connectivity index (χ2n) is 16.0. The number of hydrogen-bond donors (Lipinski definition) is 0. The first-order chi connectivity index (χ1) is 23.7. The third-order valence-corrected chi connectivity index (χ3v) is 22.3. The van der Waals surface area contributed by atoms with E-state index in [9.17, 15) is 0 Å². The summed E-state index contributed by atoms with van der Waals surface area (Å²) < 4.78 is 1.06. The molecule has 1 aromatic rings. The molecule has 0 aromatic heterocycles. The van der Waals surface area contributed by atoms with Crippen molar-refractivity contribution < 1.29 is 23.1 Å². The predicted molar refractivity (Wildman–Crippen MR) is 212 cm³/mol. The van der Waals surface area contributed by atoms with Crippen molar-refractivity contribution in [3.63, 3.8) is 0 Å². The Kier molecular flexibility index (Phi) is 21.4. The summed E-state index contributed by atoms with van der Waals surface area (Å²) in [6, 6.07) is 7.70. The summed E-state index contributed by atoms with van der Waals surface area (Å²) in [5, 5.41) is 0.809. The molecular formula is C43H70ClOP2Ru. The van der Waals surface area contributed by atoms with Gasteiger partial charge >= 0.3 is 63.3 Å². The molecule has 6 aliphatic rings. The molecular weight excluding hydrogens is 731 g/mol. The number of carbonyl (C=O) groups excluding carboxylic acids is 1. The molecule has 0 atom stereocenters. The zero-order valence-electron chi connectivity index (χ0n) is 30.5. The average Bonchev–Trinajstić information content (AvgIpc) is 3.17. The summed E-state index contributed by atoms with van der Waals surface area (Å²) in [5.74, 6) is 0. The Hall–Kier alpha value is 0.663. The Morgan fingerprint density at radius 3 is 0.792 bits per heavy atom. The molecule has 0 bridgehead atoms. The SMILES string of the molecule is C1CCC(P(C2CCCCC2)C2CCCCC2)CC1.C1CCC(P(C2CCCCC2)C2CCCCC2)CC1.Clc1cccc[c]1[Ru].[C]=O. The van der Waals surface area contributed by atoms with Crippen LogP contribution >= 0.6 is 27.4 Å². The predicted octanol–water partition coefficient (Wildman–Crippen LogP) is 14.0. The Bertz CT molecular complexity index is 781. The van der Waals surface area contributed by atoms with Crippen molar-refractivity contribution in [1.29, 1.82) is 0 Å². The summed E-state index contributed by atoms with van der Waals surface area (Å²) in [5.41, 5.74) is 7.14. The van der Waals surface area contributed by atoms with Gasteiger partial charge in [0.2, 0.25) is 0 Å². The van der Waals surface area contributed by atoms with Gasteiger partial charge in [0.1, 0.15) is 0 Å². The summed E-state index contributed by atoms with van der Waals surface area (Å²) in [4.78, 5) is 7.50. The average molecular weight is 802 g/mol. The van der Waals surface area contributed by atoms with Crippen LogP contribution in [0.3, 0.4) is 0 Å². The molecule has 0 amide bonds. The van der Waals surface area contributed by atoms with Crippen LogP contribution < -0.4 is 4.16 Å². The molecule has 0 N–H and O–H groups in total. The van der Waals surface area contributed by atoms with Crippen LogP contribution in [0.4, 0.5) is 0 Å². The van der Waals surface area contributed by atoms with Gasteiger partial charge in [-0.2, -0.15) is 0 Å². The molecule has 2 radical (unpaired) electrons. The fourth-order valence-corrected chi connectivity index (χ4v) is 20.3. The number of benzene rings is 1. The molecule has 48 heavy (non-hydrogen) atoms. The van der Waals surface area contributed by atoms with Crippen LogP contribution in [-0.4, -0.2) is 40.7 Å². The topological polar surface area (TPSA) is 17.1 Å². The minimum atomic E-state index is 0.385. The standard InChI is InChI=1S/2C18H33P.C6H4Cl.CO.Ru/c2*1-4-10-16(11-5-1)19(17-12-6-2-7-13-17)18-14-8-3-9-15-18;7-6-4-2-1-3-5-6;1-2;/h2*16-18H,1-15H2;1-4H;;. The zero-order valence-corrected chi connectivity index (χ0v) is 34.8. The first kappa shape index (κ1) is 41.4. The third-order valence-electron chi connectivity index (χ3n) is 12.8. The molecule has 6 fully saturated rings. The molecule has 0 heterocycles. The van der Waals surface area contributed by atoms with Gasteiger partial charge in [-0.25, -0.2) is 0 Å². The van der Waals surface area contributed by atoms with Gasteiger partial charge in [0.05, 0.1) is 0 Å². The molecule has 6 aliphatic carbocycles. The van der Waals surface area contributed by atoms with E-state index in [4.69, 9.17) is 16.4 Å². The molecule has 273 valence electrons. The van der Waals surface area contributed by atoms with E-state index in [0.29, 0.717) is 15.8 Å². The first-order valence-corrected chi connectivity index (χ1v) is 25.2. The van der Waals surface area contributed by atoms with Crippen LogP contribution in [0.5, 0.6) is 0 Å². The van der Waals surface area contributed by atoms with Crippen LogP contribution in [0.1, 0.15) is 193 Å². The van der Waals surface area contributed by atoms with Gasteiger partial charge in [0.15, 0.2) is 0 Å². The van der Waals surface area contributed by atoms with Gasteiger partial charge < -0.3 is 0 Å². The molecule has 5 heteroatoms. The van der Waals surface area contributed by atoms with Gasteiger partial charge in [0.25, 0.3) is 6.79 Å². The van der Waals surface area contributed by atoms with E-state index >= 15 is 0 Å². The van der Waals surface area contributed by atoms with Crippen LogP contribution in [-0.2, 0) is 23.1 Å². The normalized spacial score (nSPS) is 24.5. The monoisotopic (exact) mass is 801 g/mol. The minimum Gasteiger partial charge on any atom is -0.281 e. The number of hydrogen-bond acceptors (Lipinski definition) is 1. The molecule has 1 aromatic carbocycles. The summed E-state index contributed by atoms with van der Waals surface area (Å²) in [6.07, 6.45) is 47.2. The molecule has 7 rings (SSSR count). The largest absolute Gasteiger partial charge is 0.281 e. The van der Waals surface area contributed by atoms with Crippen molar-refractivity contribution in [1.82, 2.24) is 0 Å². The van der Waals surface area contributed by atoms with Crippen molar-refractivity contribution in [2.75, 3.05) is 0 Å². The summed E-state index contributed by atoms with van der Waals surface area (Å²) >= 11 is 8.16. The fourth-order valence-electron chi connectivity index (χ4n) is 10.5. The smallest absolute Gasteiger partial charge is 0.281 e. The fraction of sp³-hybridized carbons (Fsp3) is 0.837. The third kappa shape index (κ3) is 13.9. The molecule has 6 saturated carbocycles. The van der Waals surface area contributed by atoms with E-state index < -0.39 is 0 Å². The van der Waals surface area contributed by atoms with Gasteiger partial charge in [-0.05, 0) is 111 Å².